The van der Waals surface area contributed by atoms with Crippen LogP contribution in [-0.4, -0.2) is 37.6 Å². The van der Waals surface area contributed by atoms with Gasteiger partial charge < -0.3 is 15.6 Å². The Kier molecular flexibility index (Phi) is 8.26. The highest BCUT2D eigenvalue weighted by Gasteiger charge is 2.41. The summed E-state index contributed by atoms with van der Waals surface area (Å²) >= 11 is 0. The van der Waals surface area contributed by atoms with Gasteiger partial charge in [-0.15, -0.1) is 0 Å². The zero-order chi connectivity index (χ0) is 25.7. The van der Waals surface area contributed by atoms with Crippen LogP contribution in [0.1, 0.15) is 16.7 Å². The summed E-state index contributed by atoms with van der Waals surface area (Å²) in [6, 6.07) is 4.39. The molecule has 0 aliphatic heterocycles. The summed E-state index contributed by atoms with van der Waals surface area (Å²) in [5, 5.41) is 8.82. The van der Waals surface area contributed by atoms with E-state index in [4.69, 9.17) is 15.6 Å². The normalized spacial score (nSPS) is 12.8. The quantitative estimate of drug-likeness (QED) is 0.445. The van der Waals surface area contributed by atoms with Gasteiger partial charge in [0.25, 0.3) is 0 Å². The number of halogens is 7. The standard InChI is InChI=1S/C21H18F7N3O3/c1-31(15-4-2-14(22)3-5-15)19(33)34-18-16(12(10-29)11-30-6-7-32)8-13(20(23,24)25)9-17(18)21(26,27)28/h2-5,8-11,32H,6-7,29H2,1H3/b12-10+,30-11?. The molecule has 0 aliphatic rings. The number of benzene rings is 2. The number of aliphatic hydroxyl groups is 1. The summed E-state index contributed by atoms with van der Waals surface area (Å²) < 4.78 is 99.4. The molecule has 2 aromatic carbocycles. The number of nitrogens with zero attached hydrogens (tertiary/aromatic N) is 2. The molecule has 34 heavy (non-hydrogen) atoms. The monoisotopic (exact) mass is 493 g/mol. The molecule has 2 rings (SSSR count). The molecule has 0 bridgehead atoms. The molecule has 0 radical (unpaired) electrons. The molecule has 3 N–H and O–H groups in total. The van der Waals surface area contributed by atoms with Crippen molar-refractivity contribution in [2.24, 2.45) is 10.7 Å². The molecule has 0 saturated carbocycles. The molecule has 2 aromatic rings. The van der Waals surface area contributed by atoms with Crippen molar-refractivity contribution in [2.75, 3.05) is 25.1 Å². The van der Waals surface area contributed by atoms with Gasteiger partial charge in [-0.3, -0.25) is 9.89 Å². The van der Waals surface area contributed by atoms with E-state index in [-0.39, 0.29) is 18.3 Å². The van der Waals surface area contributed by atoms with Crippen LogP contribution in [0.4, 0.5) is 41.2 Å². The maximum absolute atomic E-state index is 13.8. The topological polar surface area (TPSA) is 88.2 Å². The van der Waals surface area contributed by atoms with Crippen LogP contribution in [0.5, 0.6) is 5.75 Å². The number of nitrogens with two attached hydrogens (primary N) is 1. The second-order valence-corrected chi connectivity index (χ2v) is 6.68. The van der Waals surface area contributed by atoms with E-state index in [1.807, 2.05) is 0 Å². The molecule has 0 unspecified atom stereocenters. The van der Waals surface area contributed by atoms with E-state index >= 15 is 0 Å². The second kappa shape index (κ2) is 10.5. The van der Waals surface area contributed by atoms with Crippen LogP contribution >= 0.6 is 0 Å². The molecule has 0 aromatic heterocycles. The van der Waals surface area contributed by atoms with E-state index in [2.05, 4.69) is 4.99 Å². The minimum absolute atomic E-state index is 0.0347. The van der Waals surface area contributed by atoms with Gasteiger partial charge in [-0.2, -0.15) is 26.3 Å². The summed E-state index contributed by atoms with van der Waals surface area (Å²) in [5.41, 5.74) is 0.643. The number of rotatable bonds is 6. The molecule has 0 saturated heterocycles. The Morgan fingerprint density at radius 3 is 2.24 bits per heavy atom. The van der Waals surface area contributed by atoms with Gasteiger partial charge in [-0.1, -0.05) is 0 Å². The number of hydrogen-bond donors (Lipinski definition) is 2. The van der Waals surface area contributed by atoms with Crippen molar-refractivity contribution < 1.29 is 45.4 Å². The van der Waals surface area contributed by atoms with Gasteiger partial charge in [-0.25, -0.2) is 9.18 Å². The summed E-state index contributed by atoms with van der Waals surface area (Å²) in [5.74, 6) is -1.89. The summed E-state index contributed by atoms with van der Waals surface area (Å²) in [7, 11) is 1.11. The summed E-state index contributed by atoms with van der Waals surface area (Å²) in [6.07, 6.45) is -10.4. The van der Waals surface area contributed by atoms with Crippen LogP contribution in [0.25, 0.3) is 5.57 Å². The number of amides is 1. The number of carbonyl (C=O) groups excluding carboxylic acids is 1. The van der Waals surface area contributed by atoms with E-state index in [1.54, 1.807) is 0 Å². The first-order chi connectivity index (χ1) is 15.8. The van der Waals surface area contributed by atoms with E-state index in [9.17, 15) is 35.5 Å². The van der Waals surface area contributed by atoms with Crippen molar-refractivity contribution in [1.29, 1.82) is 0 Å². The smallest absolute Gasteiger partial charge is 0.409 e. The molecular weight excluding hydrogens is 475 g/mol. The van der Waals surface area contributed by atoms with Gasteiger partial charge >= 0.3 is 18.4 Å². The first-order valence-corrected chi connectivity index (χ1v) is 9.36. The predicted molar refractivity (Wildman–Crippen MR) is 110 cm³/mol. The minimum atomic E-state index is -5.36. The first-order valence-electron chi connectivity index (χ1n) is 9.36. The van der Waals surface area contributed by atoms with Crippen molar-refractivity contribution in [1.82, 2.24) is 0 Å². The van der Waals surface area contributed by atoms with E-state index in [0.29, 0.717) is 12.3 Å². The molecule has 0 atom stereocenters. The predicted octanol–water partition coefficient (Wildman–Crippen LogP) is 4.86. The van der Waals surface area contributed by atoms with Gasteiger partial charge in [0, 0.05) is 36.3 Å². The molecule has 1 amide bonds. The van der Waals surface area contributed by atoms with Crippen molar-refractivity contribution in [3.8, 4) is 5.75 Å². The Balaban J connectivity index is 2.69. The SMILES string of the molecule is CN(C(=O)Oc1c(/C(C=NCCO)=C/N)cc(C(F)(F)F)cc1C(F)(F)F)c1ccc(F)cc1. The highest BCUT2D eigenvalue weighted by molar-refractivity contribution is 6.11. The largest absolute Gasteiger partial charge is 0.420 e. The molecule has 0 heterocycles. The maximum atomic E-state index is 13.8. The molecular formula is C21H18F7N3O3. The van der Waals surface area contributed by atoms with Gasteiger partial charge in [0.05, 0.1) is 24.3 Å². The zero-order valence-corrected chi connectivity index (χ0v) is 17.4. The van der Waals surface area contributed by atoms with Crippen molar-refractivity contribution >= 4 is 23.6 Å². The number of hydrogen-bond acceptors (Lipinski definition) is 5. The van der Waals surface area contributed by atoms with E-state index in [0.717, 1.165) is 42.4 Å². The number of aliphatic imine (C=N–C) groups is 1. The lowest BCUT2D eigenvalue weighted by Crippen LogP contribution is -2.30. The fourth-order valence-electron chi connectivity index (χ4n) is 2.68. The first kappa shape index (κ1) is 26.6. The average Bonchev–Trinajstić information content (AvgIpc) is 2.75. The van der Waals surface area contributed by atoms with Crippen LogP contribution in [0.3, 0.4) is 0 Å². The Morgan fingerprint density at radius 1 is 1.12 bits per heavy atom. The van der Waals surface area contributed by atoms with Crippen LogP contribution in [0, 0.1) is 5.82 Å². The summed E-state index contributed by atoms with van der Waals surface area (Å²) in [6.45, 7) is -0.667. The lowest BCUT2D eigenvalue weighted by molar-refractivity contribution is -0.143. The number of anilines is 1. The van der Waals surface area contributed by atoms with E-state index < -0.39 is 58.9 Å². The Hall–Kier alpha value is -3.61. The van der Waals surface area contributed by atoms with Gasteiger partial charge in [0.1, 0.15) is 5.82 Å². The van der Waals surface area contributed by atoms with Crippen LogP contribution in [-0.2, 0) is 12.4 Å². The molecule has 184 valence electrons. The number of alkyl halides is 6. The van der Waals surface area contributed by atoms with Gasteiger partial charge in [0.15, 0.2) is 5.75 Å². The number of ether oxygens (including phenoxy) is 1. The lowest BCUT2D eigenvalue weighted by atomic mass is 9.98. The maximum Gasteiger partial charge on any atom is 0.420 e. The van der Waals surface area contributed by atoms with Gasteiger partial charge in [0.2, 0.25) is 0 Å². The highest BCUT2D eigenvalue weighted by Crippen LogP contribution is 2.44. The van der Waals surface area contributed by atoms with Crippen LogP contribution < -0.4 is 15.4 Å². The Morgan fingerprint density at radius 2 is 1.74 bits per heavy atom. The average molecular weight is 493 g/mol. The van der Waals surface area contributed by atoms with Gasteiger partial charge in [-0.05, 0) is 36.4 Å². The Bertz CT molecular complexity index is 1080. The molecule has 13 heteroatoms. The minimum Gasteiger partial charge on any atom is -0.409 e. The van der Waals surface area contributed by atoms with E-state index in [1.165, 1.54) is 0 Å². The molecule has 0 fully saturated rings. The molecule has 6 nitrogen and oxygen atoms in total. The van der Waals surface area contributed by atoms with Crippen LogP contribution in [0.15, 0.2) is 47.6 Å². The third-order valence-corrected chi connectivity index (χ3v) is 4.35. The number of allylic oxidation sites excluding steroid dienone is 1. The molecule has 0 spiro atoms. The fraction of sp³-hybridized carbons (Fsp3) is 0.238. The number of aliphatic hydroxyl groups excluding tert-OH is 1. The van der Waals surface area contributed by atoms with Crippen molar-refractivity contribution in [3.05, 3.63) is 65.1 Å². The third kappa shape index (κ3) is 6.47. The molecule has 0 aliphatic carbocycles. The second-order valence-electron chi connectivity index (χ2n) is 6.68. The zero-order valence-electron chi connectivity index (χ0n) is 17.4. The lowest BCUT2D eigenvalue weighted by Gasteiger charge is -2.22. The summed E-state index contributed by atoms with van der Waals surface area (Å²) in [4.78, 5) is 17.0. The van der Waals surface area contributed by atoms with Crippen molar-refractivity contribution in [2.45, 2.75) is 12.4 Å². The van der Waals surface area contributed by atoms with Crippen molar-refractivity contribution in [3.63, 3.8) is 0 Å². The third-order valence-electron chi connectivity index (χ3n) is 4.35. The fourth-order valence-corrected chi connectivity index (χ4v) is 2.68. The number of carbonyl (C=O) groups is 1. The highest BCUT2D eigenvalue weighted by atomic mass is 19.4. The van der Waals surface area contributed by atoms with Crippen LogP contribution in [0.2, 0.25) is 0 Å². The Labute approximate surface area is 188 Å².